The van der Waals surface area contributed by atoms with Crippen molar-refractivity contribution in [3.8, 4) is 0 Å². The topological polar surface area (TPSA) is 44.9 Å². The van der Waals surface area contributed by atoms with Gasteiger partial charge in [-0.2, -0.15) is 0 Å². The minimum atomic E-state index is 0.0725. The van der Waals surface area contributed by atoms with Crippen molar-refractivity contribution < 1.29 is 4.79 Å². The van der Waals surface area contributed by atoms with Gasteiger partial charge in [-0.3, -0.25) is 4.79 Å². The van der Waals surface area contributed by atoms with Crippen molar-refractivity contribution in [2.75, 3.05) is 6.54 Å². The predicted molar refractivity (Wildman–Crippen MR) is 74.4 cm³/mol. The summed E-state index contributed by atoms with van der Waals surface area (Å²) in [6.07, 6.45) is 3.25. The number of hydrogen-bond acceptors (Lipinski definition) is 1. The van der Waals surface area contributed by atoms with E-state index in [1.54, 1.807) is 0 Å². The van der Waals surface area contributed by atoms with E-state index in [-0.39, 0.29) is 5.91 Å². The molecule has 3 heteroatoms. The molecule has 0 aliphatic rings. The largest absolute Gasteiger partial charge is 0.361 e. The van der Waals surface area contributed by atoms with Gasteiger partial charge in [0.05, 0.1) is 0 Å². The maximum atomic E-state index is 11.6. The molecule has 0 radical (unpaired) electrons. The molecular formula is C15H18N2O. The van der Waals surface area contributed by atoms with E-state index in [0.29, 0.717) is 13.0 Å². The molecule has 0 fully saturated rings. The molecule has 0 bridgehead atoms. The standard InChI is InChI=1S/C15H18N2O/c1-11(2)9-17-15(18)8-7-12-10-16-14-6-4-3-5-13(12)14/h3-6,10,16H,1,7-9H2,2H3,(H,17,18). The van der Waals surface area contributed by atoms with E-state index in [0.717, 1.165) is 17.5 Å². The summed E-state index contributed by atoms with van der Waals surface area (Å²) >= 11 is 0. The van der Waals surface area contributed by atoms with Crippen LogP contribution in [0.2, 0.25) is 0 Å². The SMILES string of the molecule is C=C(C)CNC(=O)CCc1c[nH]c2ccccc12. The molecule has 0 saturated carbocycles. The van der Waals surface area contributed by atoms with E-state index in [1.807, 2.05) is 31.3 Å². The van der Waals surface area contributed by atoms with Gasteiger partial charge in [0.15, 0.2) is 0 Å². The number of para-hydroxylation sites is 1. The minimum Gasteiger partial charge on any atom is -0.361 e. The van der Waals surface area contributed by atoms with Crippen LogP contribution in [0.25, 0.3) is 10.9 Å². The Morgan fingerprint density at radius 1 is 1.39 bits per heavy atom. The van der Waals surface area contributed by atoms with E-state index < -0.39 is 0 Å². The molecule has 2 rings (SSSR count). The van der Waals surface area contributed by atoms with Crippen LogP contribution < -0.4 is 5.32 Å². The number of H-pyrrole nitrogens is 1. The average Bonchev–Trinajstić information content (AvgIpc) is 2.77. The van der Waals surface area contributed by atoms with Gasteiger partial charge in [0.2, 0.25) is 5.91 Å². The maximum Gasteiger partial charge on any atom is 0.220 e. The number of hydrogen-bond donors (Lipinski definition) is 2. The lowest BCUT2D eigenvalue weighted by molar-refractivity contribution is -0.120. The molecule has 2 N–H and O–H groups in total. The molecule has 0 atom stereocenters. The summed E-state index contributed by atoms with van der Waals surface area (Å²) in [5, 5.41) is 4.04. The minimum absolute atomic E-state index is 0.0725. The van der Waals surface area contributed by atoms with Crippen LogP contribution in [0.3, 0.4) is 0 Å². The van der Waals surface area contributed by atoms with Crippen molar-refractivity contribution in [1.82, 2.24) is 10.3 Å². The lowest BCUT2D eigenvalue weighted by atomic mass is 10.1. The van der Waals surface area contributed by atoms with Crippen LogP contribution in [0.4, 0.5) is 0 Å². The van der Waals surface area contributed by atoms with Gasteiger partial charge >= 0.3 is 0 Å². The van der Waals surface area contributed by atoms with Gasteiger partial charge in [-0.05, 0) is 25.0 Å². The third kappa shape index (κ3) is 3.00. The molecule has 18 heavy (non-hydrogen) atoms. The second-order valence-corrected chi connectivity index (χ2v) is 4.59. The van der Waals surface area contributed by atoms with Crippen LogP contribution in [-0.2, 0) is 11.2 Å². The number of fused-ring (bicyclic) bond motifs is 1. The summed E-state index contributed by atoms with van der Waals surface area (Å²) in [5.74, 6) is 0.0725. The monoisotopic (exact) mass is 242 g/mol. The number of aryl methyl sites for hydroxylation is 1. The van der Waals surface area contributed by atoms with Crippen molar-refractivity contribution in [2.24, 2.45) is 0 Å². The molecule has 1 aromatic heterocycles. The molecule has 1 amide bonds. The quantitative estimate of drug-likeness (QED) is 0.778. The highest BCUT2D eigenvalue weighted by atomic mass is 16.1. The smallest absolute Gasteiger partial charge is 0.220 e. The Morgan fingerprint density at radius 3 is 2.94 bits per heavy atom. The molecule has 0 unspecified atom stereocenters. The van der Waals surface area contributed by atoms with E-state index >= 15 is 0 Å². The molecule has 94 valence electrons. The zero-order chi connectivity index (χ0) is 13.0. The van der Waals surface area contributed by atoms with Gasteiger partial charge in [-0.15, -0.1) is 0 Å². The maximum absolute atomic E-state index is 11.6. The normalized spacial score (nSPS) is 10.5. The van der Waals surface area contributed by atoms with Crippen LogP contribution in [0.15, 0.2) is 42.6 Å². The van der Waals surface area contributed by atoms with E-state index in [2.05, 4.69) is 22.9 Å². The lowest BCUT2D eigenvalue weighted by Gasteiger charge is -2.04. The molecule has 2 aromatic rings. The van der Waals surface area contributed by atoms with E-state index in [1.165, 1.54) is 10.9 Å². The highest BCUT2D eigenvalue weighted by Crippen LogP contribution is 2.18. The van der Waals surface area contributed by atoms with Gasteiger partial charge < -0.3 is 10.3 Å². The third-order valence-electron chi connectivity index (χ3n) is 2.88. The fourth-order valence-corrected chi connectivity index (χ4v) is 1.92. The Balaban J connectivity index is 1.94. The summed E-state index contributed by atoms with van der Waals surface area (Å²) in [4.78, 5) is 14.8. The van der Waals surface area contributed by atoms with E-state index in [9.17, 15) is 4.79 Å². The summed E-state index contributed by atoms with van der Waals surface area (Å²) in [7, 11) is 0. The first-order chi connectivity index (χ1) is 8.66. The van der Waals surface area contributed by atoms with Crippen molar-refractivity contribution in [3.05, 3.63) is 48.2 Å². The van der Waals surface area contributed by atoms with Gasteiger partial charge in [0.1, 0.15) is 0 Å². The highest BCUT2D eigenvalue weighted by Gasteiger charge is 2.06. The summed E-state index contributed by atoms with van der Waals surface area (Å²) in [5.41, 5.74) is 3.28. The molecule has 0 saturated heterocycles. The zero-order valence-corrected chi connectivity index (χ0v) is 10.6. The van der Waals surface area contributed by atoms with Crippen LogP contribution in [0, 0.1) is 0 Å². The van der Waals surface area contributed by atoms with Gasteiger partial charge in [-0.25, -0.2) is 0 Å². The van der Waals surface area contributed by atoms with Gasteiger partial charge in [0.25, 0.3) is 0 Å². The van der Waals surface area contributed by atoms with Crippen LogP contribution in [0.1, 0.15) is 18.9 Å². The molecule has 3 nitrogen and oxygen atoms in total. The molecular weight excluding hydrogens is 224 g/mol. The number of amides is 1. The van der Waals surface area contributed by atoms with Crippen molar-refractivity contribution in [1.29, 1.82) is 0 Å². The predicted octanol–water partition coefficient (Wildman–Crippen LogP) is 2.79. The fraction of sp³-hybridized carbons (Fsp3) is 0.267. The van der Waals surface area contributed by atoms with Crippen LogP contribution in [-0.4, -0.2) is 17.4 Å². The third-order valence-corrected chi connectivity index (χ3v) is 2.88. The Hall–Kier alpha value is -2.03. The molecule has 0 aliphatic carbocycles. The van der Waals surface area contributed by atoms with Crippen molar-refractivity contribution >= 4 is 16.8 Å². The Morgan fingerprint density at radius 2 is 2.17 bits per heavy atom. The molecule has 0 spiro atoms. The van der Waals surface area contributed by atoms with Crippen LogP contribution in [0.5, 0.6) is 0 Å². The number of carbonyl (C=O) groups excluding carboxylic acids is 1. The highest BCUT2D eigenvalue weighted by molar-refractivity contribution is 5.84. The number of carbonyl (C=O) groups is 1. The Bertz CT molecular complexity index is 569. The van der Waals surface area contributed by atoms with Gasteiger partial charge in [-0.1, -0.05) is 30.4 Å². The van der Waals surface area contributed by atoms with Crippen molar-refractivity contribution in [3.63, 3.8) is 0 Å². The first kappa shape index (κ1) is 12.4. The lowest BCUT2D eigenvalue weighted by Crippen LogP contribution is -2.24. The second kappa shape index (κ2) is 5.54. The number of benzene rings is 1. The number of aromatic nitrogens is 1. The fourth-order valence-electron chi connectivity index (χ4n) is 1.92. The average molecular weight is 242 g/mol. The zero-order valence-electron chi connectivity index (χ0n) is 10.6. The van der Waals surface area contributed by atoms with Crippen LogP contribution >= 0.6 is 0 Å². The summed E-state index contributed by atoms with van der Waals surface area (Å²) in [6.45, 7) is 6.22. The number of nitrogens with one attached hydrogen (secondary N) is 2. The Labute approximate surface area is 107 Å². The van der Waals surface area contributed by atoms with E-state index in [4.69, 9.17) is 0 Å². The molecule has 1 heterocycles. The first-order valence-corrected chi connectivity index (χ1v) is 6.13. The summed E-state index contributed by atoms with van der Waals surface area (Å²) in [6, 6.07) is 8.13. The number of aromatic amines is 1. The molecule has 1 aromatic carbocycles. The summed E-state index contributed by atoms with van der Waals surface area (Å²) < 4.78 is 0. The first-order valence-electron chi connectivity index (χ1n) is 6.13. The second-order valence-electron chi connectivity index (χ2n) is 4.59. The van der Waals surface area contributed by atoms with Crippen molar-refractivity contribution in [2.45, 2.75) is 19.8 Å². The molecule has 0 aliphatic heterocycles. The Kier molecular flexibility index (Phi) is 3.82. The number of rotatable bonds is 5. The van der Waals surface area contributed by atoms with Gasteiger partial charge in [0, 0.05) is 30.1 Å².